The number of rotatable bonds is 4. The summed E-state index contributed by atoms with van der Waals surface area (Å²) in [6.45, 7) is 2.23. The van der Waals surface area contributed by atoms with Crippen molar-refractivity contribution in [2.75, 3.05) is 28.2 Å². The number of benzene rings is 1. The number of alkyl halides is 2. The average molecular weight is 593 g/mol. The van der Waals surface area contributed by atoms with E-state index in [1.807, 2.05) is 19.1 Å². The molecule has 1 amide bonds. The van der Waals surface area contributed by atoms with Crippen molar-refractivity contribution in [1.82, 2.24) is 9.97 Å². The first-order valence-corrected chi connectivity index (χ1v) is 13.7. The van der Waals surface area contributed by atoms with Crippen LogP contribution in [0, 0.1) is 15.9 Å². The number of halogens is 3. The van der Waals surface area contributed by atoms with Gasteiger partial charge in [-0.1, -0.05) is 0 Å². The lowest BCUT2D eigenvalue weighted by atomic mass is 9.87. The summed E-state index contributed by atoms with van der Waals surface area (Å²) < 4.78 is 28.3. The molecule has 6 nitrogen and oxygen atoms in total. The van der Waals surface area contributed by atoms with Gasteiger partial charge in [-0.25, -0.2) is 13.8 Å². The molecule has 2 aromatic rings. The molecule has 2 atom stereocenters. The molecule has 3 saturated heterocycles. The highest BCUT2D eigenvalue weighted by molar-refractivity contribution is 14.1. The van der Waals surface area contributed by atoms with Crippen LogP contribution in [0.1, 0.15) is 67.4 Å². The Kier molecular flexibility index (Phi) is 5.69. The van der Waals surface area contributed by atoms with E-state index < -0.39 is 5.92 Å². The normalized spacial score (nSPS) is 26.2. The van der Waals surface area contributed by atoms with Crippen LogP contribution >= 0.6 is 22.6 Å². The lowest BCUT2D eigenvalue weighted by Crippen LogP contribution is -2.44. The Morgan fingerprint density at radius 3 is 2.40 bits per heavy atom. The van der Waals surface area contributed by atoms with E-state index in [0.29, 0.717) is 40.5 Å². The predicted molar refractivity (Wildman–Crippen MR) is 140 cm³/mol. The van der Waals surface area contributed by atoms with Gasteiger partial charge in [0.1, 0.15) is 5.82 Å². The summed E-state index contributed by atoms with van der Waals surface area (Å²) in [6.07, 6.45) is 7.16. The zero-order valence-electron chi connectivity index (χ0n) is 19.9. The quantitative estimate of drug-likeness (QED) is 0.455. The summed E-state index contributed by atoms with van der Waals surface area (Å²) >= 11 is 2.32. The molecule has 4 fully saturated rings. The fraction of sp³-hybridized carbons (Fsp3) is 0.577. The lowest BCUT2D eigenvalue weighted by molar-refractivity contribution is -0.0222. The summed E-state index contributed by atoms with van der Waals surface area (Å²) in [5, 5.41) is 2.98. The molecule has 6 rings (SSSR count). The number of fused-ring (bicyclic) bond motifs is 2. The summed E-state index contributed by atoms with van der Waals surface area (Å²) in [5.41, 5.74) is 2.93. The summed E-state index contributed by atoms with van der Waals surface area (Å²) in [7, 11) is 0. The van der Waals surface area contributed by atoms with Gasteiger partial charge in [-0.3, -0.25) is 4.79 Å². The molecule has 2 bridgehead atoms. The summed E-state index contributed by atoms with van der Waals surface area (Å²) in [4.78, 5) is 26.8. The average Bonchev–Trinajstić information content (AvgIpc) is 3.48. The molecular weight excluding hydrogens is 563 g/mol. The van der Waals surface area contributed by atoms with E-state index >= 15 is 0 Å². The minimum absolute atomic E-state index is 0.197. The van der Waals surface area contributed by atoms with E-state index in [-0.39, 0.29) is 31.8 Å². The summed E-state index contributed by atoms with van der Waals surface area (Å²) in [6, 6.07) is 8.76. The van der Waals surface area contributed by atoms with Gasteiger partial charge in [0.05, 0.1) is 11.3 Å². The zero-order chi connectivity index (χ0) is 24.4. The molecule has 35 heavy (non-hydrogen) atoms. The van der Waals surface area contributed by atoms with Gasteiger partial charge in [-0.15, -0.1) is 0 Å². The topological polar surface area (TPSA) is 61.4 Å². The molecule has 1 aromatic carbocycles. The standard InChI is InChI=1S/C26H30F2IN5O/c1-16-12-22(32-24(30-16)33-10-8-26(27,28)9-11-33)31-23(35)20-5-2-17(29)13-21(20)34-18-3-4-19(34)15-25(14-18)6-7-25/h2,5,12-13,18-19H,3-4,6-11,14-15H2,1H3,(H,30,31,32,35)/t18-,19+. The number of aromatic nitrogens is 2. The van der Waals surface area contributed by atoms with Crippen LogP contribution in [-0.4, -0.2) is 47.0 Å². The van der Waals surface area contributed by atoms with Gasteiger partial charge in [0.15, 0.2) is 0 Å². The van der Waals surface area contributed by atoms with Crippen molar-refractivity contribution >= 4 is 46.0 Å². The maximum atomic E-state index is 13.6. The van der Waals surface area contributed by atoms with Gasteiger partial charge in [0.2, 0.25) is 5.95 Å². The minimum atomic E-state index is -2.63. The van der Waals surface area contributed by atoms with E-state index in [2.05, 4.69) is 48.8 Å². The number of carbonyl (C=O) groups is 1. The second-order valence-corrected chi connectivity index (χ2v) is 12.1. The van der Waals surface area contributed by atoms with Crippen LogP contribution in [0.25, 0.3) is 0 Å². The maximum Gasteiger partial charge on any atom is 0.258 e. The van der Waals surface area contributed by atoms with Gasteiger partial charge < -0.3 is 15.1 Å². The van der Waals surface area contributed by atoms with Gasteiger partial charge in [-0.2, -0.15) is 4.98 Å². The van der Waals surface area contributed by atoms with Crippen LogP contribution in [-0.2, 0) is 0 Å². The minimum Gasteiger partial charge on any atom is -0.365 e. The Morgan fingerprint density at radius 2 is 1.74 bits per heavy atom. The fourth-order valence-corrected chi connectivity index (χ4v) is 6.78. The van der Waals surface area contributed by atoms with Crippen LogP contribution in [0.3, 0.4) is 0 Å². The lowest BCUT2D eigenvalue weighted by Gasteiger charge is -2.42. The van der Waals surface area contributed by atoms with Crippen molar-refractivity contribution in [3.8, 4) is 0 Å². The molecule has 1 N–H and O–H groups in total. The third kappa shape index (κ3) is 4.60. The van der Waals surface area contributed by atoms with Crippen molar-refractivity contribution in [1.29, 1.82) is 0 Å². The van der Waals surface area contributed by atoms with Gasteiger partial charge in [-0.05, 0) is 91.7 Å². The summed E-state index contributed by atoms with van der Waals surface area (Å²) in [5.74, 6) is -2.04. The van der Waals surface area contributed by atoms with Crippen LogP contribution in [0.4, 0.5) is 26.2 Å². The molecule has 9 heteroatoms. The van der Waals surface area contributed by atoms with Gasteiger partial charge in [0, 0.05) is 53.3 Å². The number of anilines is 3. The Bertz CT molecular complexity index is 1140. The Morgan fingerprint density at radius 1 is 1.06 bits per heavy atom. The van der Waals surface area contributed by atoms with Crippen LogP contribution in [0.2, 0.25) is 0 Å². The van der Waals surface area contributed by atoms with E-state index in [9.17, 15) is 13.6 Å². The SMILES string of the molecule is Cc1cc(NC(=O)c2ccc(I)cc2N2[C@@H]3CC[C@H]2CC2(CC2)C3)nc(N2CCC(F)(F)CC2)n1. The van der Waals surface area contributed by atoms with Crippen molar-refractivity contribution < 1.29 is 13.6 Å². The maximum absolute atomic E-state index is 13.6. The molecule has 4 aliphatic rings. The van der Waals surface area contributed by atoms with E-state index in [4.69, 9.17) is 0 Å². The monoisotopic (exact) mass is 593 g/mol. The Balaban J connectivity index is 1.25. The van der Waals surface area contributed by atoms with Crippen molar-refractivity contribution in [3.63, 3.8) is 0 Å². The van der Waals surface area contributed by atoms with E-state index in [1.165, 1.54) is 38.5 Å². The third-order valence-electron chi connectivity index (χ3n) is 8.26. The number of nitrogens with one attached hydrogen (secondary N) is 1. The first kappa shape index (κ1) is 23.4. The highest BCUT2D eigenvalue weighted by Gasteiger charge is 2.54. The van der Waals surface area contributed by atoms with Crippen molar-refractivity contribution in [3.05, 3.63) is 39.1 Å². The van der Waals surface area contributed by atoms with Crippen LogP contribution in [0.5, 0.6) is 0 Å². The third-order valence-corrected chi connectivity index (χ3v) is 8.93. The van der Waals surface area contributed by atoms with Gasteiger partial charge in [0.25, 0.3) is 11.8 Å². The molecule has 0 unspecified atom stereocenters. The molecule has 1 spiro atoms. The number of hydrogen-bond donors (Lipinski definition) is 1. The highest BCUT2D eigenvalue weighted by atomic mass is 127. The van der Waals surface area contributed by atoms with Crippen molar-refractivity contribution in [2.24, 2.45) is 5.41 Å². The van der Waals surface area contributed by atoms with Crippen molar-refractivity contribution in [2.45, 2.75) is 76.3 Å². The smallest absolute Gasteiger partial charge is 0.258 e. The molecule has 1 aliphatic carbocycles. The molecule has 1 saturated carbocycles. The number of piperidine rings is 2. The largest absolute Gasteiger partial charge is 0.365 e. The van der Waals surface area contributed by atoms with E-state index in [0.717, 1.165) is 9.26 Å². The number of carbonyl (C=O) groups excluding carboxylic acids is 1. The highest BCUT2D eigenvalue weighted by Crippen LogP contribution is 2.60. The van der Waals surface area contributed by atoms with E-state index in [1.54, 1.807) is 11.0 Å². The second kappa shape index (κ2) is 8.52. The Labute approximate surface area is 218 Å². The molecule has 1 aromatic heterocycles. The van der Waals surface area contributed by atoms with Gasteiger partial charge >= 0.3 is 0 Å². The van der Waals surface area contributed by atoms with Crippen LogP contribution < -0.4 is 15.1 Å². The zero-order valence-corrected chi connectivity index (χ0v) is 22.0. The second-order valence-electron chi connectivity index (χ2n) is 10.9. The molecule has 186 valence electrons. The molecule has 0 radical (unpaired) electrons. The first-order chi connectivity index (χ1) is 16.7. The molecule has 4 heterocycles. The molecular formula is C26H30F2IN5O. The molecule has 3 aliphatic heterocycles. The number of hydrogen-bond acceptors (Lipinski definition) is 5. The number of amides is 1. The number of aryl methyl sites for hydroxylation is 1. The first-order valence-electron chi connectivity index (χ1n) is 12.6. The predicted octanol–water partition coefficient (Wildman–Crippen LogP) is 5.79. The van der Waals surface area contributed by atoms with Crippen LogP contribution in [0.15, 0.2) is 24.3 Å². The number of nitrogens with zero attached hydrogens (tertiary/aromatic N) is 4. The Hall–Kier alpha value is -2.04. The fourth-order valence-electron chi connectivity index (χ4n) is 6.31.